The number of aryl methyl sites for hydroxylation is 2. The van der Waals surface area contributed by atoms with E-state index in [9.17, 15) is 0 Å². The molecule has 0 unspecified atom stereocenters. The van der Waals surface area contributed by atoms with Crippen molar-refractivity contribution in [2.24, 2.45) is 0 Å². The van der Waals surface area contributed by atoms with E-state index in [2.05, 4.69) is 79.0 Å². The molecule has 1 aliphatic heterocycles. The molecular weight excluding hydrogens is 364 g/mol. The zero-order valence-corrected chi connectivity index (χ0v) is 18.2. The van der Waals surface area contributed by atoms with Crippen molar-refractivity contribution in [2.45, 2.75) is 46.2 Å². The summed E-state index contributed by atoms with van der Waals surface area (Å²) in [6, 6.07) is 11.4. The number of hydrogen-bond acceptors (Lipinski definition) is 1. The second-order valence-electron chi connectivity index (χ2n) is 8.55. The molecular formula is C28H30N2. The average Bonchev–Trinajstić information content (AvgIpc) is 3.11. The quantitative estimate of drug-likeness (QED) is 0.491. The van der Waals surface area contributed by atoms with Crippen molar-refractivity contribution < 1.29 is 0 Å². The van der Waals surface area contributed by atoms with Crippen molar-refractivity contribution >= 4 is 22.6 Å². The molecule has 0 N–H and O–H groups in total. The van der Waals surface area contributed by atoms with E-state index in [-0.39, 0.29) is 0 Å². The lowest BCUT2D eigenvalue weighted by Gasteiger charge is -2.26. The van der Waals surface area contributed by atoms with Crippen molar-refractivity contribution in [1.82, 2.24) is 9.47 Å². The number of nitrogens with zero attached hydrogens (tertiary/aromatic N) is 2. The zero-order valence-electron chi connectivity index (χ0n) is 18.2. The van der Waals surface area contributed by atoms with E-state index in [1.807, 2.05) is 6.20 Å². The van der Waals surface area contributed by atoms with Crippen molar-refractivity contribution in [1.29, 1.82) is 0 Å². The lowest BCUT2D eigenvalue weighted by Crippen LogP contribution is -2.26. The van der Waals surface area contributed by atoms with Crippen LogP contribution in [-0.2, 0) is 25.9 Å². The number of benzene rings is 2. The minimum Gasteiger partial charge on any atom is -0.373 e. The third-order valence-corrected chi connectivity index (χ3v) is 6.97. The fraction of sp³-hybridized carbons (Fsp3) is 0.286. The molecule has 30 heavy (non-hydrogen) atoms. The molecule has 2 nitrogen and oxygen atoms in total. The maximum atomic E-state index is 4.54. The van der Waals surface area contributed by atoms with Gasteiger partial charge in [0.05, 0.1) is 0 Å². The minimum atomic E-state index is 0.945. The van der Waals surface area contributed by atoms with Crippen LogP contribution in [0.3, 0.4) is 0 Å². The second kappa shape index (κ2) is 7.36. The summed E-state index contributed by atoms with van der Waals surface area (Å²) < 4.78 is 2.49. The van der Waals surface area contributed by atoms with Crippen LogP contribution in [0.4, 0.5) is 0 Å². The smallest absolute Gasteiger partial charge is 0.0486 e. The van der Waals surface area contributed by atoms with Gasteiger partial charge < -0.3 is 9.47 Å². The molecule has 2 aromatic carbocycles. The van der Waals surface area contributed by atoms with Crippen LogP contribution in [0.25, 0.3) is 22.6 Å². The van der Waals surface area contributed by atoms with Gasteiger partial charge >= 0.3 is 0 Å². The van der Waals surface area contributed by atoms with Crippen LogP contribution in [0.1, 0.15) is 52.4 Å². The molecule has 0 saturated carbocycles. The first-order valence-electron chi connectivity index (χ1n) is 11.1. The van der Waals surface area contributed by atoms with Gasteiger partial charge in [0.2, 0.25) is 0 Å². The Morgan fingerprint density at radius 2 is 2.00 bits per heavy atom. The Balaban J connectivity index is 1.64. The lowest BCUT2D eigenvalue weighted by molar-refractivity contribution is 0.349. The molecule has 0 bridgehead atoms. The van der Waals surface area contributed by atoms with E-state index in [4.69, 9.17) is 0 Å². The highest BCUT2D eigenvalue weighted by Crippen LogP contribution is 2.36. The number of rotatable bonds is 4. The first-order valence-corrected chi connectivity index (χ1v) is 11.1. The summed E-state index contributed by atoms with van der Waals surface area (Å²) in [5.41, 5.74) is 12.1. The Labute approximate surface area is 179 Å². The van der Waals surface area contributed by atoms with Crippen LogP contribution in [-0.4, -0.2) is 16.0 Å². The van der Waals surface area contributed by atoms with Crippen LogP contribution in [0.15, 0.2) is 55.8 Å². The Bertz CT molecular complexity index is 1210. The molecule has 0 amide bonds. The molecule has 1 aromatic heterocycles. The second-order valence-corrected chi connectivity index (χ2v) is 8.55. The molecule has 5 rings (SSSR count). The molecule has 2 aliphatic rings. The molecule has 0 atom stereocenters. The SMILES string of the molecule is C=CN1CCc2c(c3cc(C(=C)c4ccc(C)c5c4C=CCC5)ccc3n2CC)C1. The highest BCUT2D eigenvalue weighted by Gasteiger charge is 2.23. The van der Waals surface area contributed by atoms with Gasteiger partial charge in [-0.25, -0.2) is 0 Å². The minimum absolute atomic E-state index is 0.945. The van der Waals surface area contributed by atoms with Gasteiger partial charge in [-0.1, -0.05) is 43.5 Å². The van der Waals surface area contributed by atoms with Gasteiger partial charge in [-0.2, -0.15) is 0 Å². The van der Waals surface area contributed by atoms with Gasteiger partial charge in [-0.15, -0.1) is 0 Å². The van der Waals surface area contributed by atoms with E-state index >= 15 is 0 Å². The van der Waals surface area contributed by atoms with Gasteiger partial charge in [-0.3, -0.25) is 0 Å². The monoisotopic (exact) mass is 394 g/mol. The van der Waals surface area contributed by atoms with Gasteiger partial charge in [-0.05, 0) is 78.4 Å². The summed E-state index contributed by atoms with van der Waals surface area (Å²) >= 11 is 0. The molecule has 0 radical (unpaired) electrons. The van der Waals surface area contributed by atoms with Crippen LogP contribution in [0, 0.1) is 6.92 Å². The van der Waals surface area contributed by atoms with E-state index in [1.54, 1.807) is 0 Å². The largest absolute Gasteiger partial charge is 0.373 e. The van der Waals surface area contributed by atoms with Crippen LogP contribution >= 0.6 is 0 Å². The van der Waals surface area contributed by atoms with Gasteiger partial charge in [0.25, 0.3) is 0 Å². The standard InChI is InChI=1S/C28H30N2/c1-5-29-16-15-28-26(18-29)25-17-21(12-14-27(25)30(28)6-2)20(4)23-13-11-19(3)22-9-7-8-10-24(22)23/h5,8,10-14,17H,1,4,6-7,9,15-16,18H2,2-3H3. The summed E-state index contributed by atoms with van der Waals surface area (Å²) in [4.78, 5) is 2.32. The normalized spacial score (nSPS) is 15.2. The molecule has 0 spiro atoms. The molecule has 1 aliphatic carbocycles. The summed E-state index contributed by atoms with van der Waals surface area (Å²) in [6.45, 7) is 16.0. The molecule has 3 aromatic rings. The first-order chi connectivity index (χ1) is 14.6. The number of allylic oxidation sites excluding steroid dienone is 1. The van der Waals surface area contributed by atoms with E-state index < -0.39 is 0 Å². The third kappa shape index (κ3) is 2.86. The third-order valence-electron chi connectivity index (χ3n) is 6.97. The Morgan fingerprint density at radius 3 is 2.80 bits per heavy atom. The predicted octanol–water partition coefficient (Wildman–Crippen LogP) is 6.49. The number of fused-ring (bicyclic) bond motifs is 4. The summed E-state index contributed by atoms with van der Waals surface area (Å²) in [7, 11) is 0. The first kappa shape index (κ1) is 19.0. The van der Waals surface area contributed by atoms with Gasteiger partial charge in [0, 0.05) is 48.2 Å². The number of aromatic nitrogens is 1. The van der Waals surface area contributed by atoms with Crippen molar-refractivity contribution in [3.63, 3.8) is 0 Å². The van der Waals surface area contributed by atoms with Crippen LogP contribution in [0.2, 0.25) is 0 Å². The Kier molecular flexibility index (Phi) is 4.66. The molecule has 2 heteroatoms. The maximum Gasteiger partial charge on any atom is 0.0486 e. The highest BCUT2D eigenvalue weighted by atomic mass is 15.1. The zero-order chi connectivity index (χ0) is 20.8. The molecule has 2 heterocycles. The summed E-state index contributed by atoms with van der Waals surface area (Å²) in [5, 5.41) is 1.37. The van der Waals surface area contributed by atoms with E-state index in [1.165, 1.54) is 50.0 Å². The van der Waals surface area contributed by atoms with Crippen LogP contribution < -0.4 is 0 Å². The number of hydrogen-bond donors (Lipinski definition) is 0. The van der Waals surface area contributed by atoms with Crippen molar-refractivity contribution in [2.75, 3.05) is 6.54 Å². The fourth-order valence-electron chi connectivity index (χ4n) is 5.32. The van der Waals surface area contributed by atoms with Gasteiger partial charge in [0.1, 0.15) is 0 Å². The lowest BCUT2D eigenvalue weighted by atomic mass is 9.85. The summed E-state index contributed by atoms with van der Waals surface area (Å²) in [5.74, 6) is 0. The van der Waals surface area contributed by atoms with E-state index in [0.717, 1.165) is 44.5 Å². The Hall–Kier alpha value is -3.00. The van der Waals surface area contributed by atoms with Gasteiger partial charge in [0.15, 0.2) is 0 Å². The van der Waals surface area contributed by atoms with Crippen LogP contribution in [0.5, 0.6) is 0 Å². The van der Waals surface area contributed by atoms with E-state index in [0.29, 0.717) is 0 Å². The highest BCUT2D eigenvalue weighted by molar-refractivity contribution is 5.92. The topological polar surface area (TPSA) is 8.17 Å². The fourth-order valence-corrected chi connectivity index (χ4v) is 5.32. The van der Waals surface area contributed by atoms with Crippen molar-refractivity contribution in [3.8, 4) is 0 Å². The van der Waals surface area contributed by atoms with Crippen molar-refractivity contribution in [3.05, 3.63) is 94.8 Å². The molecule has 0 saturated heterocycles. The maximum absolute atomic E-state index is 4.54. The summed E-state index contributed by atoms with van der Waals surface area (Å²) in [6.07, 6.45) is 9.90. The average molecular weight is 395 g/mol. The molecule has 152 valence electrons. The Morgan fingerprint density at radius 1 is 1.13 bits per heavy atom. The predicted molar refractivity (Wildman–Crippen MR) is 129 cm³/mol. The molecule has 0 fully saturated rings.